The number of carbonyl (C=O) groups excluding carboxylic acids is 2. The fraction of sp³-hybridized carbons (Fsp3) is 0.259. The molecule has 4 rings (SSSR count). The number of nitrogens with zero attached hydrogens (tertiary/aromatic N) is 1. The zero-order valence-electron chi connectivity index (χ0n) is 18.3. The maximum atomic E-state index is 13.6. The highest BCUT2D eigenvalue weighted by molar-refractivity contribution is 6.14. The van der Waals surface area contributed by atoms with E-state index >= 15 is 0 Å². The van der Waals surface area contributed by atoms with Crippen molar-refractivity contribution in [3.8, 4) is 0 Å². The van der Waals surface area contributed by atoms with Crippen molar-refractivity contribution in [3.05, 3.63) is 101 Å². The number of fused-ring (bicyclic) bond motifs is 1. The SMILES string of the molecule is CC(C)c1ccc(N2C(=O)c3ccccc3CC2(C)C(=O)NCc2ccccc2)cc1. The molecule has 0 spiro atoms. The van der Waals surface area contributed by atoms with Gasteiger partial charge in [0.1, 0.15) is 5.54 Å². The molecule has 158 valence electrons. The number of hydrogen-bond donors (Lipinski definition) is 1. The van der Waals surface area contributed by atoms with Gasteiger partial charge in [0.25, 0.3) is 5.91 Å². The largest absolute Gasteiger partial charge is 0.350 e. The molecule has 4 heteroatoms. The van der Waals surface area contributed by atoms with Crippen LogP contribution >= 0.6 is 0 Å². The van der Waals surface area contributed by atoms with Crippen LogP contribution in [0.4, 0.5) is 5.69 Å². The molecule has 1 heterocycles. The lowest BCUT2D eigenvalue weighted by atomic mass is 9.82. The third-order valence-corrected chi connectivity index (χ3v) is 6.08. The fourth-order valence-electron chi connectivity index (χ4n) is 4.24. The highest BCUT2D eigenvalue weighted by atomic mass is 16.2. The second-order valence-electron chi connectivity index (χ2n) is 8.66. The van der Waals surface area contributed by atoms with E-state index in [2.05, 4.69) is 19.2 Å². The fourth-order valence-corrected chi connectivity index (χ4v) is 4.24. The molecule has 0 radical (unpaired) electrons. The second-order valence-corrected chi connectivity index (χ2v) is 8.66. The summed E-state index contributed by atoms with van der Waals surface area (Å²) in [6, 6.07) is 25.4. The Labute approximate surface area is 183 Å². The number of benzene rings is 3. The molecule has 0 saturated carbocycles. The number of hydrogen-bond acceptors (Lipinski definition) is 2. The first kappa shape index (κ1) is 20.9. The Bertz CT molecular complexity index is 1090. The van der Waals surface area contributed by atoms with Crippen LogP contribution in [0.15, 0.2) is 78.9 Å². The minimum Gasteiger partial charge on any atom is -0.350 e. The first-order chi connectivity index (χ1) is 14.9. The first-order valence-corrected chi connectivity index (χ1v) is 10.7. The van der Waals surface area contributed by atoms with Crippen molar-refractivity contribution < 1.29 is 9.59 Å². The van der Waals surface area contributed by atoms with Crippen molar-refractivity contribution >= 4 is 17.5 Å². The maximum absolute atomic E-state index is 13.6. The molecular formula is C27H28N2O2. The summed E-state index contributed by atoms with van der Waals surface area (Å²) >= 11 is 0. The summed E-state index contributed by atoms with van der Waals surface area (Å²) in [5, 5.41) is 3.06. The van der Waals surface area contributed by atoms with Gasteiger partial charge in [0.15, 0.2) is 0 Å². The number of nitrogens with one attached hydrogen (secondary N) is 1. The lowest BCUT2D eigenvalue weighted by Gasteiger charge is -2.44. The first-order valence-electron chi connectivity index (χ1n) is 10.7. The van der Waals surface area contributed by atoms with Crippen molar-refractivity contribution in [2.45, 2.75) is 45.2 Å². The third-order valence-electron chi connectivity index (χ3n) is 6.08. The van der Waals surface area contributed by atoms with Gasteiger partial charge in [-0.2, -0.15) is 0 Å². The van der Waals surface area contributed by atoms with Crippen molar-refractivity contribution in [1.82, 2.24) is 5.32 Å². The molecule has 1 unspecified atom stereocenters. The van der Waals surface area contributed by atoms with Crippen molar-refractivity contribution in [2.75, 3.05) is 4.90 Å². The topological polar surface area (TPSA) is 49.4 Å². The van der Waals surface area contributed by atoms with Crippen molar-refractivity contribution in [2.24, 2.45) is 0 Å². The van der Waals surface area contributed by atoms with Gasteiger partial charge in [0.05, 0.1) is 0 Å². The normalized spacial score (nSPS) is 18.1. The van der Waals surface area contributed by atoms with E-state index in [0.717, 1.165) is 16.8 Å². The average molecular weight is 413 g/mol. The third kappa shape index (κ3) is 3.98. The van der Waals surface area contributed by atoms with E-state index in [0.29, 0.717) is 24.4 Å². The summed E-state index contributed by atoms with van der Waals surface area (Å²) in [6.07, 6.45) is 0.460. The minimum atomic E-state index is -1.03. The lowest BCUT2D eigenvalue weighted by Crippen LogP contribution is -2.63. The monoisotopic (exact) mass is 412 g/mol. The zero-order chi connectivity index (χ0) is 22.0. The standard InChI is InChI=1S/C27H28N2O2/c1-19(2)21-13-15-23(16-14-21)29-25(30)24-12-8-7-11-22(24)17-27(29,3)26(31)28-18-20-9-5-4-6-10-20/h4-16,19H,17-18H2,1-3H3,(H,28,31). The van der Waals surface area contributed by atoms with Crippen LogP contribution in [-0.4, -0.2) is 17.4 Å². The Morgan fingerprint density at radius 3 is 2.29 bits per heavy atom. The van der Waals surface area contributed by atoms with Crippen LogP contribution in [0.5, 0.6) is 0 Å². The Balaban J connectivity index is 1.71. The Morgan fingerprint density at radius 2 is 1.61 bits per heavy atom. The Hall–Kier alpha value is -3.40. The molecule has 4 nitrogen and oxygen atoms in total. The highest BCUT2D eigenvalue weighted by Gasteiger charge is 2.47. The van der Waals surface area contributed by atoms with Gasteiger partial charge in [-0.15, -0.1) is 0 Å². The molecule has 0 fully saturated rings. The molecular weight excluding hydrogens is 384 g/mol. The predicted octanol–water partition coefficient (Wildman–Crippen LogP) is 5.09. The summed E-state index contributed by atoms with van der Waals surface area (Å²) in [5.41, 5.74) is 3.49. The quantitative estimate of drug-likeness (QED) is 0.635. The van der Waals surface area contributed by atoms with E-state index in [1.165, 1.54) is 5.56 Å². The Morgan fingerprint density at radius 1 is 0.968 bits per heavy atom. The van der Waals surface area contributed by atoms with Gasteiger partial charge in [-0.25, -0.2) is 0 Å². The molecule has 1 aliphatic rings. The van der Waals surface area contributed by atoms with Gasteiger partial charge in [0.2, 0.25) is 5.91 Å². The van der Waals surface area contributed by atoms with Gasteiger partial charge in [-0.05, 0) is 47.7 Å². The number of rotatable bonds is 5. The number of carbonyl (C=O) groups is 2. The Kier molecular flexibility index (Phi) is 5.64. The van der Waals surface area contributed by atoms with Crippen LogP contribution in [0.1, 0.15) is 53.7 Å². The average Bonchev–Trinajstić information content (AvgIpc) is 2.78. The van der Waals surface area contributed by atoms with E-state index in [9.17, 15) is 9.59 Å². The van der Waals surface area contributed by atoms with Gasteiger partial charge in [0, 0.05) is 24.2 Å². The highest BCUT2D eigenvalue weighted by Crippen LogP contribution is 2.36. The molecule has 2 amide bonds. The summed E-state index contributed by atoms with van der Waals surface area (Å²) in [4.78, 5) is 28.7. The molecule has 0 bridgehead atoms. The summed E-state index contributed by atoms with van der Waals surface area (Å²) in [7, 11) is 0. The minimum absolute atomic E-state index is 0.142. The summed E-state index contributed by atoms with van der Waals surface area (Å²) < 4.78 is 0. The van der Waals surface area contributed by atoms with E-state index in [-0.39, 0.29) is 11.8 Å². The van der Waals surface area contributed by atoms with Gasteiger partial charge >= 0.3 is 0 Å². The van der Waals surface area contributed by atoms with E-state index < -0.39 is 5.54 Å². The maximum Gasteiger partial charge on any atom is 0.259 e. The molecule has 0 saturated heterocycles. The van der Waals surface area contributed by atoms with Crippen LogP contribution in [0.2, 0.25) is 0 Å². The molecule has 0 aliphatic carbocycles. The van der Waals surface area contributed by atoms with Gasteiger partial charge in [-0.3, -0.25) is 14.5 Å². The molecule has 3 aromatic carbocycles. The van der Waals surface area contributed by atoms with E-state index in [1.807, 2.05) is 85.8 Å². The summed E-state index contributed by atoms with van der Waals surface area (Å²) in [5.74, 6) is 0.0936. The second kappa shape index (κ2) is 8.38. The predicted molar refractivity (Wildman–Crippen MR) is 124 cm³/mol. The molecule has 1 atom stereocenters. The van der Waals surface area contributed by atoms with E-state index in [4.69, 9.17) is 0 Å². The molecule has 31 heavy (non-hydrogen) atoms. The number of anilines is 1. The van der Waals surface area contributed by atoms with E-state index in [1.54, 1.807) is 4.90 Å². The van der Waals surface area contributed by atoms with Crippen LogP contribution in [0, 0.1) is 0 Å². The molecule has 0 aromatic heterocycles. The van der Waals surface area contributed by atoms with Crippen molar-refractivity contribution in [1.29, 1.82) is 0 Å². The van der Waals surface area contributed by atoms with Crippen LogP contribution in [0.3, 0.4) is 0 Å². The molecule has 1 aliphatic heterocycles. The van der Waals surface area contributed by atoms with Crippen LogP contribution in [0.25, 0.3) is 0 Å². The van der Waals surface area contributed by atoms with Crippen LogP contribution in [-0.2, 0) is 17.8 Å². The molecule has 3 aromatic rings. The summed E-state index contributed by atoms with van der Waals surface area (Å²) in [6.45, 7) is 6.56. The van der Waals surface area contributed by atoms with Gasteiger partial charge < -0.3 is 5.32 Å². The van der Waals surface area contributed by atoms with Crippen molar-refractivity contribution in [3.63, 3.8) is 0 Å². The lowest BCUT2D eigenvalue weighted by molar-refractivity contribution is -0.126. The van der Waals surface area contributed by atoms with Gasteiger partial charge in [-0.1, -0.05) is 74.5 Å². The zero-order valence-corrected chi connectivity index (χ0v) is 18.3. The molecule has 1 N–H and O–H groups in total. The smallest absolute Gasteiger partial charge is 0.259 e. The van der Waals surface area contributed by atoms with Crippen LogP contribution < -0.4 is 10.2 Å². The number of amides is 2.